The molecule has 1 atom stereocenters. The smallest absolute Gasteiger partial charge is 0.128 e. The van der Waals surface area contributed by atoms with Gasteiger partial charge in [-0.2, -0.15) is 0 Å². The molecule has 1 rings (SSSR count). The Morgan fingerprint density at radius 3 is 2.79 bits per heavy atom. The van der Waals surface area contributed by atoms with Crippen LogP contribution in [0.3, 0.4) is 0 Å². The third kappa shape index (κ3) is 2.42. The van der Waals surface area contributed by atoms with Crippen LogP contribution in [-0.4, -0.2) is 13.4 Å². The highest BCUT2D eigenvalue weighted by Crippen LogP contribution is 2.33. The van der Waals surface area contributed by atoms with Crippen LogP contribution >= 0.6 is 11.8 Å². The van der Waals surface area contributed by atoms with E-state index in [9.17, 15) is 0 Å². The van der Waals surface area contributed by atoms with Gasteiger partial charge >= 0.3 is 0 Å². The van der Waals surface area contributed by atoms with Crippen molar-refractivity contribution in [1.29, 1.82) is 0 Å². The fraction of sp³-hybridized carbons (Fsp3) is 0.333. The van der Waals surface area contributed by atoms with Crippen molar-refractivity contribution < 1.29 is 4.74 Å². The van der Waals surface area contributed by atoms with Crippen LogP contribution in [0.1, 0.15) is 11.0 Å². The number of azide groups is 1. The van der Waals surface area contributed by atoms with Crippen molar-refractivity contribution in [2.75, 3.05) is 13.4 Å². The first-order valence-electron chi connectivity index (χ1n) is 4.03. The third-order valence-corrected chi connectivity index (χ3v) is 2.65. The quantitative estimate of drug-likeness (QED) is 0.329. The van der Waals surface area contributed by atoms with Crippen LogP contribution in [0.15, 0.2) is 29.4 Å². The Bertz CT molecular complexity index is 346. The predicted octanol–water partition coefficient (Wildman–Crippen LogP) is 3.64. The molecule has 0 heterocycles. The molecule has 0 aliphatic heterocycles. The summed E-state index contributed by atoms with van der Waals surface area (Å²) in [6, 6.07) is 7.40. The van der Waals surface area contributed by atoms with Gasteiger partial charge in [-0.25, -0.2) is 0 Å². The van der Waals surface area contributed by atoms with Crippen molar-refractivity contribution in [3.05, 3.63) is 40.3 Å². The van der Waals surface area contributed by atoms with E-state index in [1.54, 1.807) is 24.9 Å². The van der Waals surface area contributed by atoms with Crippen molar-refractivity contribution in [2.24, 2.45) is 5.11 Å². The number of nitrogens with zero attached hydrogens (tertiary/aromatic N) is 3. The normalized spacial score (nSPS) is 11.9. The Balaban J connectivity index is 3.10. The highest BCUT2D eigenvalue weighted by atomic mass is 32.2. The summed E-state index contributed by atoms with van der Waals surface area (Å²) in [6.45, 7) is 0. The molecular formula is C9H11N3OS. The number of ether oxygens (including phenoxy) is 1. The molecule has 0 bridgehead atoms. The Kier molecular flexibility index (Phi) is 4.32. The van der Waals surface area contributed by atoms with E-state index in [4.69, 9.17) is 10.3 Å². The van der Waals surface area contributed by atoms with Crippen molar-refractivity contribution in [1.82, 2.24) is 0 Å². The van der Waals surface area contributed by atoms with E-state index in [1.807, 2.05) is 24.5 Å². The maximum Gasteiger partial charge on any atom is 0.128 e. The molecule has 1 unspecified atom stereocenters. The van der Waals surface area contributed by atoms with Crippen LogP contribution in [0, 0.1) is 0 Å². The van der Waals surface area contributed by atoms with E-state index < -0.39 is 0 Å². The lowest BCUT2D eigenvalue weighted by Gasteiger charge is -2.14. The molecule has 0 amide bonds. The lowest BCUT2D eigenvalue weighted by Crippen LogP contribution is -1.95. The number of hydrogen-bond acceptors (Lipinski definition) is 3. The minimum absolute atomic E-state index is 0.0864. The fourth-order valence-corrected chi connectivity index (χ4v) is 1.82. The Labute approximate surface area is 86.9 Å². The van der Waals surface area contributed by atoms with Crippen LogP contribution in [0.5, 0.6) is 0 Å². The Hall–Kier alpha value is -1.16. The average molecular weight is 209 g/mol. The molecular weight excluding hydrogens is 198 g/mol. The second-order valence-electron chi connectivity index (χ2n) is 2.55. The fourth-order valence-electron chi connectivity index (χ4n) is 1.18. The van der Waals surface area contributed by atoms with E-state index in [-0.39, 0.29) is 5.44 Å². The van der Waals surface area contributed by atoms with Gasteiger partial charge in [-0.05, 0) is 11.8 Å². The Morgan fingerprint density at radius 2 is 2.21 bits per heavy atom. The molecule has 0 saturated heterocycles. The topological polar surface area (TPSA) is 58.0 Å². The number of thioether (sulfide) groups is 1. The summed E-state index contributed by atoms with van der Waals surface area (Å²) in [4.78, 5) is 2.78. The third-order valence-electron chi connectivity index (χ3n) is 1.77. The Morgan fingerprint density at radius 1 is 1.50 bits per heavy atom. The first-order chi connectivity index (χ1) is 6.83. The van der Waals surface area contributed by atoms with Crippen molar-refractivity contribution in [3.63, 3.8) is 0 Å². The molecule has 5 heteroatoms. The molecule has 0 aromatic heterocycles. The molecule has 14 heavy (non-hydrogen) atoms. The molecule has 0 N–H and O–H groups in total. The first kappa shape index (κ1) is 10.9. The van der Waals surface area contributed by atoms with Crippen molar-refractivity contribution in [3.8, 4) is 0 Å². The largest absolute Gasteiger partial charge is 0.366 e. The van der Waals surface area contributed by atoms with Gasteiger partial charge in [0.1, 0.15) is 5.44 Å². The monoisotopic (exact) mass is 209 g/mol. The minimum atomic E-state index is -0.0864. The predicted molar refractivity (Wildman–Crippen MR) is 58.5 cm³/mol. The van der Waals surface area contributed by atoms with Gasteiger partial charge in [0.25, 0.3) is 0 Å². The van der Waals surface area contributed by atoms with Crippen molar-refractivity contribution in [2.45, 2.75) is 5.44 Å². The van der Waals surface area contributed by atoms with Crippen LogP contribution in [-0.2, 0) is 4.74 Å². The molecule has 0 radical (unpaired) electrons. The summed E-state index contributed by atoms with van der Waals surface area (Å²) in [5.41, 5.74) is 9.82. The van der Waals surface area contributed by atoms with Gasteiger partial charge in [0.2, 0.25) is 0 Å². The van der Waals surface area contributed by atoms with E-state index in [1.165, 1.54) is 0 Å². The molecule has 0 aliphatic carbocycles. The first-order valence-corrected chi connectivity index (χ1v) is 5.32. The van der Waals surface area contributed by atoms with E-state index >= 15 is 0 Å². The summed E-state index contributed by atoms with van der Waals surface area (Å²) >= 11 is 1.56. The summed E-state index contributed by atoms with van der Waals surface area (Å²) in [6.07, 6.45) is 1.95. The number of methoxy groups -OCH3 is 1. The summed E-state index contributed by atoms with van der Waals surface area (Å²) in [7, 11) is 1.63. The lowest BCUT2D eigenvalue weighted by molar-refractivity contribution is 0.176. The molecule has 1 aromatic carbocycles. The van der Waals surface area contributed by atoms with Gasteiger partial charge < -0.3 is 4.74 Å². The molecule has 0 aliphatic rings. The molecule has 0 saturated carbocycles. The molecule has 74 valence electrons. The van der Waals surface area contributed by atoms with Gasteiger partial charge in [-0.15, -0.1) is 11.8 Å². The van der Waals surface area contributed by atoms with Gasteiger partial charge in [-0.3, -0.25) is 0 Å². The lowest BCUT2D eigenvalue weighted by atomic mass is 10.2. The number of rotatable bonds is 4. The SMILES string of the molecule is COC(SC)c1ccccc1N=[N+]=[N-]. The standard InChI is InChI=1S/C9H11N3OS/c1-13-9(14-2)7-5-3-4-6-8(7)11-12-10/h3-6,9H,1-2H3. The zero-order valence-corrected chi connectivity index (χ0v) is 8.86. The highest BCUT2D eigenvalue weighted by Gasteiger charge is 2.11. The van der Waals surface area contributed by atoms with E-state index in [0.29, 0.717) is 5.69 Å². The maximum absolute atomic E-state index is 8.38. The number of benzene rings is 1. The van der Waals surface area contributed by atoms with E-state index in [0.717, 1.165) is 5.56 Å². The summed E-state index contributed by atoms with van der Waals surface area (Å²) < 4.78 is 5.25. The molecule has 0 spiro atoms. The maximum atomic E-state index is 8.38. The summed E-state index contributed by atoms with van der Waals surface area (Å²) in [5.74, 6) is 0. The second-order valence-corrected chi connectivity index (χ2v) is 3.45. The van der Waals surface area contributed by atoms with Crippen LogP contribution in [0.2, 0.25) is 0 Å². The molecule has 1 aromatic rings. The summed E-state index contributed by atoms with van der Waals surface area (Å²) in [5, 5.41) is 3.61. The average Bonchev–Trinajstić information content (AvgIpc) is 2.23. The van der Waals surface area contributed by atoms with Crippen LogP contribution in [0.4, 0.5) is 5.69 Å². The van der Waals surface area contributed by atoms with Gasteiger partial charge in [-0.1, -0.05) is 29.4 Å². The van der Waals surface area contributed by atoms with Crippen LogP contribution in [0.25, 0.3) is 10.4 Å². The highest BCUT2D eigenvalue weighted by molar-refractivity contribution is 7.98. The second kappa shape index (κ2) is 5.54. The van der Waals surface area contributed by atoms with Crippen molar-refractivity contribution >= 4 is 17.4 Å². The van der Waals surface area contributed by atoms with E-state index in [2.05, 4.69) is 10.0 Å². The molecule has 4 nitrogen and oxygen atoms in total. The van der Waals surface area contributed by atoms with Gasteiger partial charge in [0.15, 0.2) is 0 Å². The van der Waals surface area contributed by atoms with Gasteiger partial charge in [0.05, 0.1) is 0 Å². The zero-order chi connectivity index (χ0) is 10.4. The minimum Gasteiger partial charge on any atom is -0.366 e. The van der Waals surface area contributed by atoms with Gasteiger partial charge in [0, 0.05) is 23.3 Å². The zero-order valence-electron chi connectivity index (χ0n) is 8.04. The number of hydrogen-bond donors (Lipinski definition) is 0. The molecule has 0 fully saturated rings. The van der Waals surface area contributed by atoms with Crippen LogP contribution < -0.4 is 0 Å².